The van der Waals surface area contributed by atoms with Gasteiger partial charge in [-0.15, -0.1) is 0 Å². The Balaban J connectivity index is 2.10. The van der Waals surface area contributed by atoms with Crippen LogP contribution in [0.3, 0.4) is 0 Å². The number of hydrogen-bond donors (Lipinski definition) is 0. The van der Waals surface area contributed by atoms with E-state index in [1.807, 2.05) is 0 Å². The summed E-state index contributed by atoms with van der Waals surface area (Å²) in [5.41, 5.74) is 4.47. The fourth-order valence-electron chi connectivity index (χ4n) is 4.11. The highest BCUT2D eigenvalue weighted by Gasteiger charge is 2.47. The molecule has 2 aromatic rings. The van der Waals surface area contributed by atoms with Gasteiger partial charge in [-0.05, 0) is 37.3 Å². The molecule has 2 nitrogen and oxygen atoms in total. The van der Waals surface area contributed by atoms with Crippen LogP contribution in [0.5, 0.6) is 0 Å². The van der Waals surface area contributed by atoms with E-state index in [0.29, 0.717) is 0 Å². The maximum atomic E-state index is 4.71. The number of aromatic nitrogens is 2. The predicted molar refractivity (Wildman–Crippen MR) is 87.9 cm³/mol. The van der Waals surface area contributed by atoms with E-state index in [1.165, 1.54) is 36.9 Å². The Morgan fingerprint density at radius 1 is 1.05 bits per heavy atom. The van der Waals surface area contributed by atoms with Crippen LogP contribution in [-0.4, -0.2) is 9.78 Å². The fraction of sp³-hybridized carbons (Fsp3) is 0.526. The molecule has 1 aromatic heterocycles. The molecule has 0 aliphatic heterocycles. The van der Waals surface area contributed by atoms with Gasteiger partial charge in [0.2, 0.25) is 0 Å². The molecule has 112 valence electrons. The zero-order valence-electron chi connectivity index (χ0n) is 13.7. The molecule has 0 radical (unpaired) electrons. The van der Waals surface area contributed by atoms with Gasteiger partial charge in [-0.25, -0.2) is 4.68 Å². The van der Waals surface area contributed by atoms with Crippen LogP contribution in [0.2, 0.25) is 0 Å². The predicted octanol–water partition coefficient (Wildman–Crippen LogP) is 5.04. The van der Waals surface area contributed by atoms with Crippen molar-refractivity contribution in [2.75, 3.05) is 0 Å². The summed E-state index contributed by atoms with van der Waals surface area (Å²) >= 11 is 0. The molecule has 1 aromatic carbocycles. The molecule has 21 heavy (non-hydrogen) atoms. The first-order valence-electron chi connectivity index (χ1n) is 8.06. The van der Waals surface area contributed by atoms with E-state index in [1.54, 1.807) is 0 Å². The summed E-state index contributed by atoms with van der Waals surface area (Å²) in [6.07, 6.45) is 7.38. The Hall–Kier alpha value is -1.57. The van der Waals surface area contributed by atoms with E-state index in [-0.39, 0.29) is 10.8 Å². The van der Waals surface area contributed by atoms with Crippen molar-refractivity contribution in [1.82, 2.24) is 9.78 Å². The van der Waals surface area contributed by atoms with Crippen molar-refractivity contribution < 1.29 is 0 Å². The molecule has 1 heterocycles. The molecule has 2 heteroatoms. The molecular formula is C19H26N2. The number of hydrogen-bond acceptors (Lipinski definition) is 1. The molecule has 0 atom stereocenters. The number of benzene rings is 1. The minimum absolute atomic E-state index is 0.277. The van der Waals surface area contributed by atoms with E-state index < -0.39 is 0 Å². The minimum Gasteiger partial charge on any atom is -0.238 e. The Morgan fingerprint density at radius 3 is 2.24 bits per heavy atom. The molecule has 3 rings (SSSR count). The summed E-state index contributed by atoms with van der Waals surface area (Å²) in [5.74, 6) is 0. The van der Waals surface area contributed by atoms with E-state index in [0.717, 1.165) is 5.69 Å². The van der Waals surface area contributed by atoms with Crippen LogP contribution < -0.4 is 0 Å². The van der Waals surface area contributed by atoms with Crippen molar-refractivity contribution in [2.24, 2.45) is 5.41 Å². The third-order valence-corrected chi connectivity index (χ3v) is 5.42. The lowest BCUT2D eigenvalue weighted by atomic mass is 9.61. The molecule has 0 unspecified atom stereocenters. The first kappa shape index (κ1) is 14.4. The molecule has 1 aliphatic carbocycles. The monoisotopic (exact) mass is 282 g/mol. The largest absolute Gasteiger partial charge is 0.238 e. The first-order chi connectivity index (χ1) is 9.96. The van der Waals surface area contributed by atoms with Gasteiger partial charge in [-0.2, -0.15) is 5.10 Å². The van der Waals surface area contributed by atoms with Crippen LogP contribution in [0.1, 0.15) is 57.7 Å². The van der Waals surface area contributed by atoms with Gasteiger partial charge in [-0.3, -0.25) is 0 Å². The van der Waals surface area contributed by atoms with Gasteiger partial charge in [-0.1, -0.05) is 51.8 Å². The molecule has 0 spiro atoms. The summed E-state index contributed by atoms with van der Waals surface area (Å²) in [7, 11) is 0. The second kappa shape index (κ2) is 5.01. The summed E-state index contributed by atoms with van der Waals surface area (Å²) in [5, 5.41) is 4.71. The van der Waals surface area contributed by atoms with Crippen molar-refractivity contribution in [3.63, 3.8) is 0 Å². The van der Waals surface area contributed by atoms with Gasteiger partial charge in [0.15, 0.2) is 0 Å². The molecule has 1 fully saturated rings. The molecule has 0 bridgehead atoms. The zero-order chi connectivity index (χ0) is 15.1. The topological polar surface area (TPSA) is 17.8 Å². The second-order valence-electron chi connectivity index (χ2n) is 7.43. The van der Waals surface area contributed by atoms with Crippen LogP contribution in [-0.2, 0) is 5.41 Å². The summed E-state index contributed by atoms with van der Waals surface area (Å²) in [6.45, 7) is 9.38. The molecule has 1 aliphatic rings. The average Bonchev–Trinajstić information content (AvgIpc) is 3.06. The average molecular weight is 282 g/mol. The van der Waals surface area contributed by atoms with Crippen molar-refractivity contribution in [3.05, 3.63) is 47.8 Å². The third-order valence-electron chi connectivity index (χ3n) is 5.42. The van der Waals surface area contributed by atoms with Crippen LogP contribution in [0, 0.1) is 12.3 Å². The zero-order valence-corrected chi connectivity index (χ0v) is 13.7. The Labute approximate surface area is 128 Å². The smallest absolute Gasteiger partial charge is 0.0648 e. The highest BCUT2D eigenvalue weighted by molar-refractivity contribution is 5.38. The van der Waals surface area contributed by atoms with Gasteiger partial charge < -0.3 is 0 Å². The third kappa shape index (κ3) is 2.21. The summed E-state index contributed by atoms with van der Waals surface area (Å²) in [6, 6.07) is 10.5. The van der Waals surface area contributed by atoms with Crippen molar-refractivity contribution in [1.29, 1.82) is 0 Å². The van der Waals surface area contributed by atoms with Gasteiger partial charge in [0.25, 0.3) is 0 Å². The number of rotatable bonds is 2. The quantitative estimate of drug-likeness (QED) is 0.754. The van der Waals surface area contributed by atoms with Crippen LogP contribution in [0.15, 0.2) is 36.5 Å². The summed E-state index contributed by atoms with van der Waals surface area (Å²) < 4.78 is 2.10. The minimum atomic E-state index is 0.277. The van der Waals surface area contributed by atoms with Crippen LogP contribution in [0.4, 0.5) is 0 Å². The maximum absolute atomic E-state index is 4.71. The lowest BCUT2D eigenvalue weighted by Gasteiger charge is -2.42. The normalized spacial score (nSPS) is 18.1. The van der Waals surface area contributed by atoms with Gasteiger partial charge >= 0.3 is 0 Å². The van der Waals surface area contributed by atoms with E-state index in [2.05, 4.69) is 68.9 Å². The van der Waals surface area contributed by atoms with Crippen molar-refractivity contribution >= 4 is 0 Å². The molecular weight excluding hydrogens is 256 g/mol. The van der Waals surface area contributed by atoms with E-state index >= 15 is 0 Å². The van der Waals surface area contributed by atoms with E-state index in [4.69, 9.17) is 5.10 Å². The van der Waals surface area contributed by atoms with Crippen LogP contribution in [0.25, 0.3) is 5.69 Å². The second-order valence-corrected chi connectivity index (χ2v) is 7.43. The molecule has 0 amide bonds. The van der Waals surface area contributed by atoms with Crippen molar-refractivity contribution in [3.8, 4) is 5.69 Å². The standard InChI is InChI=1S/C19H26N2/c1-15-17(19(18(2,3)4)12-8-9-13-19)14-20-21(15)16-10-6-5-7-11-16/h5-7,10-11,14H,8-9,12-13H2,1-4H3. The van der Waals surface area contributed by atoms with E-state index in [9.17, 15) is 0 Å². The van der Waals surface area contributed by atoms with Crippen molar-refractivity contribution in [2.45, 2.75) is 58.8 Å². The Kier molecular flexibility index (Phi) is 3.43. The molecule has 0 saturated heterocycles. The van der Waals surface area contributed by atoms with Gasteiger partial charge in [0.05, 0.1) is 11.9 Å². The van der Waals surface area contributed by atoms with Gasteiger partial charge in [0, 0.05) is 16.7 Å². The number of nitrogens with zero attached hydrogens (tertiary/aromatic N) is 2. The van der Waals surface area contributed by atoms with Crippen LogP contribution >= 0.6 is 0 Å². The fourth-order valence-corrected chi connectivity index (χ4v) is 4.11. The SMILES string of the molecule is Cc1c(C2(C(C)(C)C)CCCC2)cnn1-c1ccccc1. The molecule has 0 N–H and O–H groups in total. The number of para-hydroxylation sites is 1. The Morgan fingerprint density at radius 2 is 1.67 bits per heavy atom. The lowest BCUT2D eigenvalue weighted by Crippen LogP contribution is -2.37. The van der Waals surface area contributed by atoms with Gasteiger partial charge in [0.1, 0.15) is 0 Å². The maximum Gasteiger partial charge on any atom is 0.0648 e. The first-order valence-corrected chi connectivity index (χ1v) is 8.06. The highest BCUT2D eigenvalue weighted by atomic mass is 15.3. The highest BCUT2D eigenvalue weighted by Crippen LogP contribution is 2.53. The lowest BCUT2D eigenvalue weighted by molar-refractivity contribution is 0.186. The Bertz CT molecular complexity index is 611. The summed E-state index contributed by atoms with van der Waals surface area (Å²) in [4.78, 5) is 0. The molecule has 1 saturated carbocycles.